The van der Waals surface area contributed by atoms with Crippen molar-refractivity contribution in [2.24, 2.45) is 0 Å². The average molecular weight is 377 g/mol. The molecule has 0 spiro atoms. The number of ether oxygens (including phenoxy) is 1. The molecule has 8 heteroatoms. The zero-order chi connectivity index (χ0) is 19.7. The van der Waals surface area contributed by atoms with Crippen molar-refractivity contribution >= 4 is 28.7 Å². The number of para-hydroxylation sites is 1. The lowest BCUT2D eigenvalue weighted by atomic mass is 9.98. The van der Waals surface area contributed by atoms with E-state index in [1.807, 2.05) is 0 Å². The number of hydrogen-bond donors (Lipinski definition) is 1. The molecule has 28 heavy (non-hydrogen) atoms. The van der Waals surface area contributed by atoms with Crippen molar-refractivity contribution in [2.75, 3.05) is 6.54 Å². The lowest BCUT2D eigenvalue weighted by molar-refractivity contribution is -0.149. The molecule has 1 aliphatic heterocycles. The molecule has 2 amide bonds. The van der Waals surface area contributed by atoms with E-state index in [1.165, 1.54) is 0 Å². The van der Waals surface area contributed by atoms with Crippen LogP contribution in [0.15, 0.2) is 53.3 Å². The van der Waals surface area contributed by atoms with Gasteiger partial charge in [0, 0.05) is 5.56 Å². The quantitative estimate of drug-likeness (QED) is 0.540. The molecule has 0 saturated carbocycles. The molecule has 8 nitrogen and oxygen atoms in total. The van der Waals surface area contributed by atoms with Gasteiger partial charge in [-0.3, -0.25) is 24.1 Å². The second kappa shape index (κ2) is 7.07. The fourth-order valence-electron chi connectivity index (χ4n) is 3.09. The molecule has 0 unspecified atom stereocenters. The van der Waals surface area contributed by atoms with E-state index in [2.05, 4.69) is 9.97 Å². The SMILES string of the molecule is O=C(CN1C(=O)Cc2ccccc2C1=O)OCc1nc2ccccc2c(=O)[nH]1. The first kappa shape index (κ1) is 17.6. The fourth-order valence-corrected chi connectivity index (χ4v) is 3.09. The summed E-state index contributed by atoms with van der Waals surface area (Å²) in [5, 5.41) is 0.431. The zero-order valence-corrected chi connectivity index (χ0v) is 14.7. The van der Waals surface area contributed by atoms with Gasteiger partial charge >= 0.3 is 5.97 Å². The maximum absolute atomic E-state index is 12.5. The number of aromatic nitrogens is 2. The number of rotatable bonds is 4. The molecule has 1 aromatic heterocycles. The van der Waals surface area contributed by atoms with Gasteiger partial charge in [0.25, 0.3) is 11.5 Å². The van der Waals surface area contributed by atoms with E-state index < -0.39 is 24.3 Å². The van der Waals surface area contributed by atoms with Crippen molar-refractivity contribution in [1.29, 1.82) is 0 Å². The van der Waals surface area contributed by atoms with Gasteiger partial charge < -0.3 is 9.72 Å². The molecular formula is C20H15N3O5. The Labute approximate surface area is 158 Å². The molecule has 1 N–H and O–H groups in total. The summed E-state index contributed by atoms with van der Waals surface area (Å²) >= 11 is 0. The number of amides is 2. The van der Waals surface area contributed by atoms with Crippen LogP contribution in [-0.4, -0.2) is 39.2 Å². The number of imide groups is 1. The summed E-state index contributed by atoms with van der Waals surface area (Å²) in [6.07, 6.45) is 0.0503. The molecule has 0 fully saturated rings. The Morgan fingerprint density at radius 3 is 2.68 bits per heavy atom. The molecule has 2 aromatic carbocycles. The van der Waals surface area contributed by atoms with E-state index in [1.54, 1.807) is 48.5 Å². The van der Waals surface area contributed by atoms with E-state index in [0.29, 0.717) is 22.0 Å². The molecule has 3 aromatic rings. The van der Waals surface area contributed by atoms with Gasteiger partial charge in [-0.1, -0.05) is 30.3 Å². The van der Waals surface area contributed by atoms with Crippen LogP contribution in [0.2, 0.25) is 0 Å². The summed E-state index contributed by atoms with van der Waals surface area (Å²) in [5.74, 6) is -1.57. The van der Waals surface area contributed by atoms with Gasteiger partial charge in [-0.05, 0) is 23.8 Å². The first-order valence-electron chi connectivity index (χ1n) is 8.59. The average Bonchev–Trinajstić information content (AvgIpc) is 2.69. The standard InChI is InChI=1S/C20H15N3O5/c24-17-9-12-5-1-2-6-13(12)20(27)23(17)10-18(25)28-11-16-21-15-8-4-3-7-14(15)19(26)22-16/h1-8H,9-11H2,(H,21,22,26). The Kier molecular flexibility index (Phi) is 4.44. The maximum atomic E-state index is 12.5. The first-order valence-corrected chi connectivity index (χ1v) is 8.59. The lowest BCUT2D eigenvalue weighted by Crippen LogP contribution is -2.45. The third kappa shape index (κ3) is 3.27. The molecule has 0 aliphatic carbocycles. The molecule has 4 rings (SSSR count). The summed E-state index contributed by atoms with van der Waals surface area (Å²) < 4.78 is 5.10. The predicted molar refractivity (Wildman–Crippen MR) is 98.3 cm³/mol. The molecule has 2 heterocycles. The molecule has 0 radical (unpaired) electrons. The minimum atomic E-state index is -0.767. The van der Waals surface area contributed by atoms with E-state index in [4.69, 9.17) is 4.74 Å². The van der Waals surface area contributed by atoms with Crippen LogP contribution in [0.4, 0.5) is 0 Å². The number of carbonyl (C=O) groups is 3. The molecule has 0 saturated heterocycles. The highest BCUT2D eigenvalue weighted by molar-refractivity contribution is 6.11. The topological polar surface area (TPSA) is 109 Å². The van der Waals surface area contributed by atoms with Crippen LogP contribution in [0, 0.1) is 0 Å². The second-order valence-electron chi connectivity index (χ2n) is 6.31. The highest BCUT2D eigenvalue weighted by Gasteiger charge is 2.32. The van der Waals surface area contributed by atoms with Crippen molar-refractivity contribution in [1.82, 2.24) is 14.9 Å². The Bertz CT molecular complexity index is 1170. The minimum absolute atomic E-state index is 0.0503. The third-order valence-corrected chi connectivity index (χ3v) is 4.45. The van der Waals surface area contributed by atoms with E-state index >= 15 is 0 Å². The Hall–Kier alpha value is -3.81. The summed E-state index contributed by atoms with van der Waals surface area (Å²) in [5.41, 5.74) is 1.18. The van der Waals surface area contributed by atoms with E-state index in [0.717, 1.165) is 4.90 Å². The number of carbonyl (C=O) groups excluding carboxylic acids is 3. The predicted octanol–water partition coefficient (Wildman–Crippen LogP) is 1.19. The summed E-state index contributed by atoms with van der Waals surface area (Å²) in [6.45, 7) is -0.768. The van der Waals surface area contributed by atoms with Crippen LogP contribution in [0.25, 0.3) is 10.9 Å². The fraction of sp³-hybridized carbons (Fsp3) is 0.150. The number of H-pyrrole nitrogens is 1. The third-order valence-electron chi connectivity index (χ3n) is 4.45. The van der Waals surface area contributed by atoms with Gasteiger partial charge in [0.1, 0.15) is 19.0 Å². The Morgan fingerprint density at radius 1 is 1.07 bits per heavy atom. The number of nitrogens with zero attached hydrogens (tertiary/aromatic N) is 2. The van der Waals surface area contributed by atoms with Gasteiger partial charge in [0.15, 0.2) is 0 Å². The number of hydrogen-bond acceptors (Lipinski definition) is 6. The van der Waals surface area contributed by atoms with Crippen LogP contribution >= 0.6 is 0 Å². The van der Waals surface area contributed by atoms with Crippen LogP contribution in [0.5, 0.6) is 0 Å². The normalized spacial score (nSPS) is 13.5. The summed E-state index contributed by atoms with van der Waals surface area (Å²) in [4.78, 5) is 56.5. The van der Waals surface area contributed by atoms with Crippen LogP contribution in [-0.2, 0) is 27.4 Å². The van der Waals surface area contributed by atoms with Gasteiger partial charge in [-0.25, -0.2) is 4.98 Å². The monoisotopic (exact) mass is 377 g/mol. The van der Waals surface area contributed by atoms with Crippen molar-refractivity contribution in [3.05, 3.63) is 75.8 Å². The van der Waals surface area contributed by atoms with Crippen LogP contribution in [0.1, 0.15) is 21.7 Å². The minimum Gasteiger partial charge on any atom is -0.456 e. The first-order chi connectivity index (χ1) is 13.5. The van der Waals surface area contributed by atoms with Gasteiger partial charge in [0.2, 0.25) is 5.91 Å². The van der Waals surface area contributed by atoms with Gasteiger partial charge in [-0.15, -0.1) is 0 Å². The van der Waals surface area contributed by atoms with Gasteiger partial charge in [-0.2, -0.15) is 0 Å². The van der Waals surface area contributed by atoms with Crippen molar-refractivity contribution < 1.29 is 19.1 Å². The van der Waals surface area contributed by atoms with Crippen molar-refractivity contribution in [3.63, 3.8) is 0 Å². The Balaban J connectivity index is 1.45. The van der Waals surface area contributed by atoms with Crippen LogP contribution in [0.3, 0.4) is 0 Å². The molecule has 0 atom stereocenters. The molecule has 140 valence electrons. The number of benzene rings is 2. The lowest BCUT2D eigenvalue weighted by Gasteiger charge is -2.25. The highest BCUT2D eigenvalue weighted by Crippen LogP contribution is 2.19. The summed E-state index contributed by atoms with van der Waals surface area (Å²) in [7, 11) is 0. The number of nitrogens with one attached hydrogen (secondary N) is 1. The largest absolute Gasteiger partial charge is 0.456 e. The molecule has 1 aliphatic rings. The van der Waals surface area contributed by atoms with Crippen LogP contribution < -0.4 is 5.56 Å². The Morgan fingerprint density at radius 2 is 1.82 bits per heavy atom. The number of esters is 1. The smallest absolute Gasteiger partial charge is 0.326 e. The summed E-state index contributed by atoms with van der Waals surface area (Å²) in [6, 6.07) is 13.6. The molecular weight excluding hydrogens is 362 g/mol. The highest BCUT2D eigenvalue weighted by atomic mass is 16.5. The van der Waals surface area contributed by atoms with E-state index in [-0.39, 0.29) is 24.4 Å². The molecule has 0 bridgehead atoms. The second-order valence-corrected chi connectivity index (χ2v) is 6.31. The number of fused-ring (bicyclic) bond motifs is 2. The van der Waals surface area contributed by atoms with Gasteiger partial charge in [0.05, 0.1) is 17.3 Å². The maximum Gasteiger partial charge on any atom is 0.326 e. The van der Waals surface area contributed by atoms with Crippen molar-refractivity contribution in [3.8, 4) is 0 Å². The van der Waals surface area contributed by atoms with E-state index in [9.17, 15) is 19.2 Å². The number of aromatic amines is 1. The van der Waals surface area contributed by atoms with Crippen molar-refractivity contribution in [2.45, 2.75) is 13.0 Å². The zero-order valence-electron chi connectivity index (χ0n) is 14.7.